The third kappa shape index (κ3) is 8.29. The van der Waals surface area contributed by atoms with E-state index in [1.807, 2.05) is 37.3 Å². The number of methoxy groups -OCH3 is 1. The Balaban J connectivity index is 2.08. The van der Waals surface area contributed by atoms with Crippen LogP contribution in [0.4, 0.5) is 10.1 Å². The smallest absolute Gasteiger partial charge is 0.244 e. The predicted molar refractivity (Wildman–Crippen MR) is 154 cm³/mol. The molecule has 214 valence electrons. The van der Waals surface area contributed by atoms with Gasteiger partial charge in [0.25, 0.3) is 0 Å². The van der Waals surface area contributed by atoms with Gasteiger partial charge in [0.05, 0.1) is 19.1 Å². The number of benzene rings is 3. The standard InChI is InChI=1S/C30H36FN3O5S/c1-5-17-32-30(36)27(19-23-9-7-6-8-10-23)33(20-24-12-14-25(31)15-13-24)29(35)21-34(40(4,37)38)26-18-22(2)11-16-28(26)39-3/h6-16,18,27H,5,17,19-21H2,1-4H3,(H,32,36)/t27-/m0/s1. The highest BCUT2D eigenvalue weighted by molar-refractivity contribution is 7.92. The summed E-state index contributed by atoms with van der Waals surface area (Å²) in [5.74, 6) is -1.10. The van der Waals surface area contributed by atoms with Crippen molar-refractivity contribution in [1.29, 1.82) is 0 Å². The molecule has 3 aromatic rings. The molecule has 0 fully saturated rings. The lowest BCUT2D eigenvalue weighted by molar-refractivity contribution is -0.140. The van der Waals surface area contributed by atoms with Crippen molar-refractivity contribution in [1.82, 2.24) is 10.2 Å². The first-order chi connectivity index (χ1) is 19.0. The van der Waals surface area contributed by atoms with Crippen molar-refractivity contribution in [3.63, 3.8) is 0 Å². The van der Waals surface area contributed by atoms with Crippen LogP contribution in [0.15, 0.2) is 72.8 Å². The van der Waals surface area contributed by atoms with Gasteiger partial charge in [-0.25, -0.2) is 12.8 Å². The summed E-state index contributed by atoms with van der Waals surface area (Å²) in [7, 11) is -2.52. The van der Waals surface area contributed by atoms with Crippen LogP contribution >= 0.6 is 0 Å². The molecule has 1 N–H and O–H groups in total. The van der Waals surface area contributed by atoms with Gasteiger partial charge in [0.1, 0.15) is 24.2 Å². The molecule has 3 rings (SSSR count). The fourth-order valence-corrected chi connectivity index (χ4v) is 5.14. The van der Waals surface area contributed by atoms with Gasteiger partial charge in [0.15, 0.2) is 0 Å². The molecular weight excluding hydrogens is 533 g/mol. The van der Waals surface area contributed by atoms with Gasteiger partial charge in [-0.05, 0) is 54.3 Å². The van der Waals surface area contributed by atoms with Gasteiger partial charge in [-0.2, -0.15) is 0 Å². The summed E-state index contributed by atoms with van der Waals surface area (Å²) in [6.45, 7) is 3.55. The number of rotatable bonds is 13. The van der Waals surface area contributed by atoms with Crippen LogP contribution in [-0.4, -0.2) is 57.6 Å². The number of aryl methyl sites for hydroxylation is 1. The first-order valence-electron chi connectivity index (χ1n) is 13.0. The summed E-state index contributed by atoms with van der Waals surface area (Å²) in [5, 5.41) is 2.88. The molecule has 0 aromatic heterocycles. The molecule has 0 unspecified atom stereocenters. The Morgan fingerprint density at radius 2 is 1.68 bits per heavy atom. The van der Waals surface area contributed by atoms with Crippen molar-refractivity contribution in [2.45, 2.75) is 39.3 Å². The zero-order valence-electron chi connectivity index (χ0n) is 23.3. The van der Waals surface area contributed by atoms with E-state index in [1.54, 1.807) is 25.1 Å². The van der Waals surface area contributed by atoms with Gasteiger partial charge >= 0.3 is 0 Å². The average molecular weight is 570 g/mol. The molecule has 0 heterocycles. The lowest BCUT2D eigenvalue weighted by atomic mass is 10.0. The maximum Gasteiger partial charge on any atom is 0.244 e. The molecule has 40 heavy (non-hydrogen) atoms. The van der Waals surface area contributed by atoms with E-state index in [1.165, 1.54) is 36.3 Å². The van der Waals surface area contributed by atoms with Crippen LogP contribution in [0.3, 0.4) is 0 Å². The number of hydrogen-bond donors (Lipinski definition) is 1. The molecule has 8 nitrogen and oxygen atoms in total. The third-order valence-electron chi connectivity index (χ3n) is 6.37. The number of sulfonamides is 1. The molecular formula is C30H36FN3O5S. The minimum absolute atomic E-state index is 0.0291. The van der Waals surface area contributed by atoms with Crippen molar-refractivity contribution in [2.75, 3.05) is 30.8 Å². The van der Waals surface area contributed by atoms with Gasteiger partial charge in [0, 0.05) is 19.5 Å². The number of carbonyl (C=O) groups is 2. The topological polar surface area (TPSA) is 96.0 Å². The number of anilines is 1. The van der Waals surface area contributed by atoms with Gasteiger partial charge in [-0.3, -0.25) is 13.9 Å². The molecule has 10 heteroatoms. The predicted octanol–water partition coefficient (Wildman–Crippen LogP) is 4.08. The lowest BCUT2D eigenvalue weighted by Crippen LogP contribution is -2.53. The molecule has 3 aromatic carbocycles. The van der Waals surface area contributed by atoms with Gasteiger partial charge in [-0.1, -0.05) is 55.5 Å². The van der Waals surface area contributed by atoms with E-state index in [4.69, 9.17) is 4.74 Å². The second-order valence-corrected chi connectivity index (χ2v) is 11.5. The molecule has 0 saturated heterocycles. The molecule has 0 radical (unpaired) electrons. The summed E-state index contributed by atoms with van der Waals surface area (Å²) in [5.41, 5.74) is 2.42. The van der Waals surface area contributed by atoms with Gasteiger partial charge in [-0.15, -0.1) is 0 Å². The molecule has 0 saturated carbocycles. The summed E-state index contributed by atoms with van der Waals surface area (Å²) in [6, 6.07) is 19.0. The number of amides is 2. The third-order valence-corrected chi connectivity index (χ3v) is 7.50. The monoisotopic (exact) mass is 569 g/mol. The van der Waals surface area contributed by atoms with Crippen molar-refractivity contribution < 1.29 is 27.1 Å². The Labute approximate surface area is 235 Å². The maximum absolute atomic E-state index is 14.1. The zero-order chi connectivity index (χ0) is 29.3. The number of carbonyl (C=O) groups excluding carboxylic acids is 2. The van der Waals surface area contributed by atoms with Crippen LogP contribution in [0, 0.1) is 12.7 Å². The Morgan fingerprint density at radius 1 is 1.00 bits per heavy atom. The molecule has 0 aliphatic carbocycles. The number of nitrogens with one attached hydrogen (secondary N) is 1. The molecule has 0 aliphatic heterocycles. The van der Waals surface area contributed by atoms with Gasteiger partial charge < -0.3 is 15.0 Å². The second kappa shape index (κ2) is 13.9. The Bertz CT molecular complexity index is 1400. The molecule has 1 atom stereocenters. The molecule has 2 amide bonds. The van der Waals surface area contributed by atoms with E-state index in [0.717, 1.165) is 21.7 Å². The number of halogens is 1. The second-order valence-electron chi connectivity index (χ2n) is 9.59. The van der Waals surface area contributed by atoms with Crippen molar-refractivity contribution >= 4 is 27.5 Å². The number of hydrogen-bond acceptors (Lipinski definition) is 5. The van der Waals surface area contributed by atoms with Crippen molar-refractivity contribution in [3.8, 4) is 5.75 Å². The van der Waals surface area contributed by atoms with E-state index in [-0.39, 0.29) is 30.3 Å². The first-order valence-corrected chi connectivity index (χ1v) is 14.9. The summed E-state index contributed by atoms with van der Waals surface area (Å²) in [6.07, 6.45) is 1.92. The van der Waals surface area contributed by atoms with E-state index < -0.39 is 34.3 Å². The van der Waals surface area contributed by atoms with Gasteiger partial charge in [0.2, 0.25) is 21.8 Å². The van der Waals surface area contributed by atoms with Crippen LogP contribution < -0.4 is 14.4 Å². The van der Waals surface area contributed by atoms with Crippen LogP contribution in [0.5, 0.6) is 5.75 Å². The summed E-state index contributed by atoms with van der Waals surface area (Å²) < 4.78 is 46.0. The first kappa shape index (κ1) is 30.6. The quantitative estimate of drug-likeness (QED) is 0.335. The Hall–Kier alpha value is -3.92. The fraction of sp³-hybridized carbons (Fsp3) is 0.333. The van der Waals surface area contributed by atoms with Crippen molar-refractivity contribution in [2.24, 2.45) is 0 Å². The normalized spacial score (nSPS) is 11.9. The van der Waals surface area contributed by atoms with E-state index in [2.05, 4.69) is 5.32 Å². The molecule has 0 spiro atoms. The van der Waals surface area contributed by atoms with Crippen LogP contribution in [0.2, 0.25) is 0 Å². The van der Waals surface area contributed by atoms with Crippen LogP contribution in [0.25, 0.3) is 0 Å². The Morgan fingerprint density at radius 3 is 2.27 bits per heavy atom. The largest absolute Gasteiger partial charge is 0.495 e. The molecule has 0 aliphatic rings. The van der Waals surface area contributed by atoms with Crippen LogP contribution in [-0.2, 0) is 32.6 Å². The van der Waals surface area contributed by atoms with E-state index >= 15 is 0 Å². The SMILES string of the molecule is CCCNC(=O)[C@H](Cc1ccccc1)N(Cc1ccc(F)cc1)C(=O)CN(c1cc(C)ccc1OC)S(C)(=O)=O. The van der Waals surface area contributed by atoms with E-state index in [0.29, 0.717) is 18.5 Å². The summed E-state index contributed by atoms with van der Waals surface area (Å²) in [4.78, 5) is 28.9. The summed E-state index contributed by atoms with van der Waals surface area (Å²) >= 11 is 0. The Kier molecular flexibility index (Phi) is 10.7. The fourth-order valence-electron chi connectivity index (χ4n) is 4.30. The minimum Gasteiger partial charge on any atom is -0.495 e. The van der Waals surface area contributed by atoms with Crippen molar-refractivity contribution in [3.05, 3.63) is 95.3 Å². The molecule has 0 bridgehead atoms. The average Bonchev–Trinajstić information content (AvgIpc) is 2.93. The van der Waals surface area contributed by atoms with Crippen LogP contribution in [0.1, 0.15) is 30.0 Å². The highest BCUT2D eigenvalue weighted by Gasteiger charge is 2.33. The highest BCUT2D eigenvalue weighted by atomic mass is 32.2. The number of nitrogens with zero attached hydrogens (tertiary/aromatic N) is 2. The number of ether oxygens (including phenoxy) is 1. The van der Waals surface area contributed by atoms with E-state index in [9.17, 15) is 22.4 Å². The zero-order valence-corrected chi connectivity index (χ0v) is 24.1. The highest BCUT2D eigenvalue weighted by Crippen LogP contribution is 2.31. The lowest BCUT2D eigenvalue weighted by Gasteiger charge is -2.33. The maximum atomic E-state index is 14.1. The minimum atomic E-state index is -3.94.